The molecule has 0 saturated heterocycles. The number of aliphatic hydroxyl groups is 1. The van der Waals surface area contributed by atoms with Crippen molar-refractivity contribution in [3.8, 4) is 0 Å². The Labute approximate surface area is 117 Å². The molecule has 0 aliphatic rings. The zero-order valence-electron chi connectivity index (χ0n) is 11.1. The van der Waals surface area contributed by atoms with E-state index in [2.05, 4.69) is 24.1 Å². The second-order valence-electron chi connectivity index (χ2n) is 5.18. The summed E-state index contributed by atoms with van der Waals surface area (Å²) in [7, 11) is 0. The fraction of sp³-hybridized carbons (Fsp3) is 0.538. The minimum Gasteiger partial charge on any atom is -0.476 e. The zero-order valence-corrected chi connectivity index (χ0v) is 11.9. The van der Waals surface area contributed by atoms with E-state index in [1.54, 1.807) is 6.07 Å². The molecule has 0 saturated carbocycles. The Hall–Kier alpha value is -1.33. The van der Waals surface area contributed by atoms with Crippen LogP contribution in [0, 0.1) is 5.41 Å². The summed E-state index contributed by atoms with van der Waals surface area (Å²) in [6.45, 7) is 4.96. The van der Waals surface area contributed by atoms with E-state index in [-0.39, 0.29) is 22.7 Å². The number of halogens is 1. The summed E-state index contributed by atoms with van der Waals surface area (Å²) in [5.41, 5.74) is -0.159. The fourth-order valence-electron chi connectivity index (χ4n) is 1.67. The van der Waals surface area contributed by atoms with E-state index in [4.69, 9.17) is 21.8 Å². The van der Waals surface area contributed by atoms with Gasteiger partial charge in [-0.25, -0.2) is 9.78 Å². The topological polar surface area (TPSA) is 82.5 Å². The lowest BCUT2D eigenvalue weighted by atomic mass is 9.88. The first-order valence-electron chi connectivity index (χ1n) is 6.10. The summed E-state index contributed by atoms with van der Waals surface area (Å²) in [5, 5.41) is 21.0. The highest BCUT2D eigenvalue weighted by Gasteiger charge is 2.18. The Bertz CT molecular complexity index is 450. The highest BCUT2D eigenvalue weighted by Crippen LogP contribution is 2.23. The van der Waals surface area contributed by atoms with Gasteiger partial charge in [0.2, 0.25) is 0 Å². The van der Waals surface area contributed by atoms with Gasteiger partial charge in [0.25, 0.3) is 0 Å². The molecular weight excluding hydrogens is 268 g/mol. The van der Waals surface area contributed by atoms with Crippen molar-refractivity contribution < 1.29 is 15.0 Å². The largest absolute Gasteiger partial charge is 0.476 e. The van der Waals surface area contributed by atoms with Crippen LogP contribution >= 0.6 is 11.6 Å². The molecule has 5 nitrogen and oxygen atoms in total. The van der Waals surface area contributed by atoms with Crippen molar-refractivity contribution >= 4 is 23.4 Å². The van der Waals surface area contributed by atoms with Gasteiger partial charge in [-0.05, 0) is 30.4 Å². The van der Waals surface area contributed by atoms with Gasteiger partial charge in [-0.3, -0.25) is 0 Å². The molecule has 0 bridgehead atoms. The molecule has 0 aliphatic carbocycles. The molecule has 6 heteroatoms. The van der Waals surface area contributed by atoms with Gasteiger partial charge in [-0.1, -0.05) is 25.4 Å². The van der Waals surface area contributed by atoms with Crippen molar-refractivity contribution in [2.75, 3.05) is 18.5 Å². The molecule has 0 unspecified atom stereocenters. The maximum absolute atomic E-state index is 10.9. The SMILES string of the molecule is CC(C)(CCCO)CNc1ccc(Cl)c(C(=O)O)n1. The van der Waals surface area contributed by atoms with E-state index in [1.807, 2.05) is 0 Å². The van der Waals surface area contributed by atoms with Gasteiger partial charge in [0.1, 0.15) is 5.82 Å². The van der Waals surface area contributed by atoms with Crippen LogP contribution in [0.5, 0.6) is 0 Å². The van der Waals surface area contributed by atoms with Gasteiger partial charge in [-0.2, -0.15) is 0 Å². The second-order valence-corrected chi connectivity index (χ2v) is 5.58. The third-order valence-corrected chi connectivity index (χ3v) is 3.11. The molecule has 3 N–H and O–H groups in total. The van der Waals surface area contributed by atoms with Gasteiger partial charge >= 0.3 is 5.97 Å². The quantitative estimate of drug-likeness (QED) is 0.718. The first kappa shape index (κ1) is 15.7. The summed E-state index contributed by atoms with van der Waals surface area (Å²) >= 11 is 5.75. The van der Waals surface area contributed by atoms with Crippen molar-refractivity contribution in [2.45, 2.75) is 26.7 Å². The first-order valence-corrected chi connectivity index (χ1v) is 6.48. The minimum absolute atomic E-state index is 0.00651. The highest BCUT2D eigenvalue weighted by molar-refractivity contribution is 6.33. The average molecular weight is 287 g/mol. The van der Waals surface area contributed by atoms with Crippen LogP contribution in [0.1, 0.15) is 37.2 Å². The van der Waals surface area contributed by atoms with Crippen LogP contribution in [0.2, 0.25) is 5.02 Å². The molecule has 0 aromatic carbocycles. The number of anilines is 1. The zero-order chi connectivity index (χ0) is 14.5. The third-order valence-electron chi connectivity index (χ3n) is 2.81. The monoisotopic (exact) mass is 286 g/mol. The molecular formula is C13H19ClN2O3. The molecule has 0 amide bonds. The number of aromatic nitrogens is 1. The molecule has 0 aliphatic heterocycles. The van der Waals surface area contributed by atoms with E-state index in [0.717, 1.165) is 12.8 Å². The lowest BCUT2D eigenvalue weighted by molar-refractivity contribution is 0.0691. The summed E-state index contributed by atoms with van der Waals surface area (Å²) < 4.78 is 0. The lowest BCUT2D eigenvalue weighted by Crippen LogP contribution is -2.24. The Morgan fingerprint density at radius 3 is 2.74 bits per heavy atom. The van der Waals surface area contributed by atoms with E-state index in [0.29, 0.717) is 12.4 Å². The highest BCUT2D eigenvalue weighted by atomic mass is 35.5. The lowest BCUT2D eigenvalue weighted by Gasteiger charge is -2.25. The standard InChI is InChI=1S/C13H19ClN2O3/c1-13(2,6-3-7-17)8-15-10-5-4-9(14)11(16-10)12(18)19/h4-5,17H,3,6-8H2,1-2H3,(H,15,16)(H,18,19). The molecule has 1 aromatic rings. The Morgan fingerprint density at radius 1 is 1.47 bits per heavy atom. The van der Waals surface area contributed by atoms with Gasteiger partial charge in [0.05, 0.1) is 5.02 Å². The number of rotatable bonds is 7. The second kappa shape index (κ2) is 6.73. The van der Waals surface area contributed by atoms with E-state index >= 15 is 0 Å². The molecule has 1 heterocycles. The van der Waals surface area contributed by atoms with Crippen molar-refractivity contribution in [3.05, 3.63) is 22.8 Å². The van der Waals surface area contributed by atoms with Gasteiger partial charge < -0.3 is 15.5 Å². The Morgan fingerprint density at radius 2 is 2.16 bits per heavy atom. The molecule has 106 valence electrons. The van der Waals surface area contributed by atoms with Gasteiger partial charge in [0, 0.05) is 13.2 Å². The van der Waals surface area contributed by atoms with Crippen LogP contribution in [0.4, 0.5) is 5.82 Å². The average Bonchev–Trinajstić information content (AvgIpc) is 2.35. The van der Waals surface area contributed by atoms with Crippen molar-refractivity contribution in [3.63, 3.8) is 0 Å². The maximum Gasteiger partial charge on any atom is 0.356 e. The Kier molecular flexibility index (Phi) is 5.57. The number of hydrogen-bond acceptors (Lipinski definition) is 4. The number of nitrogens with zero attached hydrogens (tertiary/aromatic N) is 1. The fourth-order valence-corrected chi connectivity index (χ4v) is 1.85. The first-order chi connectivity index (χ1) is 8.85. The summed E-state index contributed by atoms with van der Waals surface area (Å²) in [6.07, 6.45) is 1.61. The third kappa shape index (κ3) is 5.04. The van der Waals surface area contributed by atoms with E-state index in [9.17, 15) is 4.79 Å². The number of pyridine rings is 1. The normalized spacial score (nSPS) is 11.4. The van der Waals surface area contributed by atoms with Crippen LogP contribution in [-0.4, -0.2) is 34.3 Å². The number of nitrogens with one attached hydrogen (secondary N) is 1. The van der Waals surface area contributed by atoms with Crippen molar-refractivity contribution in [1.82, 2.24) is 4.98 Å². The summed E-state index contributed by atoms with van der Waals surface area (Å²) in [6, 6.07) is 3.16. The van der Waals surface area contributed by atoms with E-state index in [1.165, 1.54) is 6.07 Å². The predicted molar refractivity (Wildman–Crippen MR) is 74.8 cm³/mol. The molecule has 0 fully saturated rings. The molecule has 19 heavy (non-hydrogen) atoms. The smallest absolute Gasteiger partial charge is 0.356 e. The number of carboxylic acids is 1. The maximum atomic E-state index is 10.9. The van der Waals surface area contributed by atoms with Crippen LogP contribution in [-0.2, 0) is 0 Å². The Balaban J connectivity index is 2.68. The van der Waals surface area contributed by atoms with Crippen LogP contribution in [0.3, 0.4) is 0 Å². The summed E-state index contributed by atoms with van der Waals surface area (Å²) in [4.78, 5) is 14.9. The molecule has 1 rings (SSSR count). The van der Waals surface area contributed by atoms with Gasteiger partial charge in [-0.15, -0.1) is 0 Å². The van der Waals surface area contributed by atoms with Crippen LogP contribution in [0.15, 0.2) is 12.1 Å². The minimum atomic E-state index is -1.15. The van der Waals surface area contributed by atoms with Crippen LogP contribution in [0.25, 0.3) is 0 Å². The summed E-state index contributed by atoms with van der Waals surface area (Å²) in [5.74, 6) is -0.660. The van der Waals surface area contributed by atoms with Crippen LogP contribution < -0.4 is 5.32 Å². The number of carboxylic acid groups (broad SMARTS) is 1. The van der Waals surface area contributed by atoms with Crippen molar-refractivity contribution in [1.29, 1.82) is 0 Å². The van der Waals surface area contributed by atoms with Gasteiger partial charge in [0.15, 0.2) is 5.69 Å². The molecule has 1 aromatic heterocycles. The number of carbonyl (C=O) groups is 1. The number of aromatic carboxylic acids is 1. The predicted octanol–water partition coefficient (Wildman–Crippen LogP) is 2.64. The molecule has 0 atom stereocenters. The van der Waals surface area contributed by atoms with Crippen molar-refractivity contribution in [2.24, 2.45) is 5.41 Å². The number of aliphatic hydroxyl groups excluding tert-OH is 1. The molecule has 0 radical (unpaired) electrons. The van der Waals surface area contributed by atoms with E-state index < -0.39 is 5.97 Å². The number of hydrogen-bond donors (Lipinski definition) is 3. The molecule has 0 spiro atoms.